The molecular formula is C7H7BrO3S. The van der Waals surface area contributed by atoms with Crippen LogP contribution in [-0.2, 0) is 16.8 Å². The van der Waals surface area contributed by atoms with Crippen molar-refractivity contribution in [1.82, 2.24) is 0 Å². The van der Waals surface area contributed by atoms with Crippen LogP contribution in [0, 0.1) is 0 Å². The monoisotopic (exact) mass is 250 g/mol. The molecule has 3 nitrogen and oxygen atoms in total. The molecule has 1 atom stereocenters. The van der Waals surface area contributed by atoms with E-state index in [9.17, 15) is 9.32 Å². The number of hydrogen-bond acceptors (Lipinski definition) is 2. The lowest BCUT2D eigenvalue weighted by Crippen LogP contribution is -1.93. The molecule has 5 heteroatoms. The van der Waals surface area contributed by atoms with Crippen molar-refractivity contribution in [1.29, 1.82) is 0 Å². The van der Waals surface area contributed by atoms with Crippen molar-refractivity contribution in [3.05, 3.63) is 28.2 Å². The SMILES string of the molecule is O=S(O)Cc1cc(Br)ccc1O. The second-order valence-electron chi connectivity index (χ2n) is 2.24. The van der Waals surface area contributed by atoms with Crippen molar-refractivity contribution in [2.24, 2.45) is 0 Å². The number of halogens is 1. The normalized spacial score (nSPS) is 12.8. The zero-order chi connectivity index (χ0) is 9.14. The first-order chi connectivity index (χ1) is 5.59. The van der Waals surface area contributed by atoms with Crippen LogP contribution in [0.4, 0.5) is 0 Å². The summed E-state index contributed by atoms with van der Waals surface area (Å²) in [6.07, 6.45) is 0. The molecule has 0 amide bonds. The van der Waals surface area contributed by atoms with Crippen LogP contribution >= 0.6 is 15.9 Å². The van der Waals surface area contributed by atoms with E-state index in [-0.39, 0.29) is 11.5 Å². The predicted molar refractivity (Wildman–Crippen MR) is 50.3 cm³/mol. The summed E-state index contributed by atoms with van der Waals surface area (Å²) in [6.45, 7) is 0. The zero-order valence-electron chi connectivity index (χ0n) is 6.03. The van der Waals surface area contributed by atoms with E-state index in [4.69, 9.17) is 4.55 Å². The van der Waals surface area contributed by atoms with Crippen LogP contribution in [-0.4, -0.2) is 13.9 Å². The highest BCUT2D eigenvalue weighted by Gasteiger charge is 2.04. The van der Waals surface area contributed by atoms with Crippen LogP contribution in [0.5, 0.6) is 5.75 Å². The average Bonchev–Trinajstić information content (AvgIpc) is 1.96. The lowest BCUT2D eigenvalue weighted by atomic mass is 10.2. The maximum atomic E-state index is 10.4. The number of phenolic OH excluding ortho intramolecular Hbond substituents is 1. The van der Waals surface area contributed by atoms with E-state index < -0.39 is 11.1 Å². The second kappa shape index (κ2) is 4.02. The molecule has 2 N–H and O–H groups in total. The summed E-state index contributed by atoms with van der Waals surface area (Å²) in [6, 6.07) is 4.76. The van der Waals surface area contributed by atoms with Gasteiger partial charge in [-0.25, -0.2) is 4.21 Å². The first kappa shape index (κ1) is 9.70. The van der Waals surface area contributed by atoms with Crippen molar-refractivity contribution in [3.8, 4) is 5.75 Å². The third kappa shape index (κ3) is 2.58. The molecule has 0 heterocycles. The van der Waals surface area contributed by atoms with E-state index in [0.29, 0.717) is 5.56 Å². The summed E-state index contributed by atoms with van der Waals surface area (Å²) in [5, 5.41) is 9.22. The number of phenols is 1. The highest BCUT2D eigenvalue weighted by Crippen LogP contribution is 2.22. The number of benzene rings is 1. The molecule has 12 heavy (non-hydrogen) atoms. The van der Waals surface area contributed by atoms with E-state index in [2.05, 4.69) is 15.9 Å². The lowest BCUT2D eigenvalue weighted by Gasteiger charge is -2.01. The first-order valence-electron chi connectivity index (χ1n) is 3.14. The topological polar surface area (TPSA) is 57.5 Å². The zero-order valence-corrected chi connectivity index (χ0v) is 8.43. The van der Waals surface area contributed by atoms with Gasteiger partial charge in [-0.2, -0.15) is 0 Å². The van der Waals surface area contributed by atoms with Gasteiger partial charge in [0.15, 0.2) is 11.1 Å². The lowest BCUT2D eigenvalue weighted by molar-refractivity contribution is 0.469. The largest absolute Gasteiger partial charge is 0.508 e. The van der Waals surface area contributed by atoms with Crippen LogP contribution in [0.2, 0.25) is 0 Å². The molecule has 1 aromatic carbocycles. The molecular weight excluding hydrogens is 244 g/mol. The summed E-state index contributed by atoms with van der Waals surface area (Å²) in [4.78, 5) is 0. The molecule has 0 aliphatic carbocycles. The summed E-state index contributed by atoms with van der Waals surface area (Å²) in [5.74, 6) is -0.00810. The molecule has 0 saturated carbocycles. The molecule has 0 aliphatic heterocycles. The molecule has 66 valence electrons. The molecule has 0 aromatic heterocycles. The Morgan fingerprint density at radius 3 is 2.75 bits per heavy atom. The fourth-order valence-electron chi connectivity index (χ4n) is 0.803. The molecule has 1 aromatic rings. The highest BCUT2D eigenvalue weighted by atomic mass is 79.9. The number of aromatic hydroxyl groups is 1. The second-order valence-corrected chi connectivity index (χ2v) is 4.09. The van der Waals surface area contributed by atoms with Crippen molar-refractivity contribution in [2.75, 3.05) is 0 Å². The van der Waals surface area contributed by atoms with Gasteiger partial charge in [-0.1, -0.05) is 15.9 Å². The Balaban J connectivity index is 2.97. The van der Waals surface area contributed by atoms with Gasteiger partial charge in [0.25, 0.3) is 0 Å². The number of rotatable bonds is 2. The van der Waals surface area contributed by atoms with Crippen LogP contribution in [0.15, 0.2) is 22.7 Å². The minimum atomic E-state index is -1.92. The highest BCUT2D eigenvalue weighted by molar-refractivity contribution is 9.10. The summed E-state index contributed by atoms with van der Waals surface area (Å²) in [7, 11) is 0. The van der Waals surface area contributed by atoms with Gasteiger partial charge in [-0.05, 0) is 18.2 Å². The van der Waals surface area contributed by atoms with E-state index >= 15 is 0 Å². The first-order valence-corrected chi connectivity index (χ1v) is 5.21. The van der Waals surface area contributed by atoms with Crippen molar-refractivity contribution < 1.29 is 13.9 Å². The Kier molecular flexibility index (Phi) is 3.25. The fourth-order valence-corrected chi connectivity index (χ4v) is 1.71. The summed E-state index contributed by atoms with van der Waals surface area (Å²) < 4.78 is 19.8. The molecule has 1 unspecified atom stereocenters. The van der Waals surface area contributed by atoms with E-state index in [1.165, 1.54) is 6.07 Å². The van der Waals surface area contributed by atoms with Crippen molar-refractivity contribution >= 4 is 27.0 Å². The Labute approximate surface area is 80.8 Å². The average molecular weight is 251 g/mol. The summed E-state index contributed by atoms with van der Waals surface area (Å²) >= 11 is 1.28. The van der Waals surface area contributed by atoms with Gasteiger partial charge < -0.3 is 9.66 Å². The molecule has 0 fully saturated rings. The smallest absolute Gasteiger partial charge is 0.157 e. The molecule has 0 bridgehead atoms. The van der Waals surface area contributed by atoms with Gasteiger partial charge >= 0.3 is 0 Å². The number of hydrogen-bond donors (Lipinski definition) is 2. The van der Waals surface area contributed by atoms with Crippen LogP contribution < -0.4 is 0 Å². The Morgan fingerprint density at radius 2 is 2.17 bits per heavy atom. The summed E-state index contributed by atoms with van der Waals surface area (Å²) in [5.41, 5.74) is 0.463. The fraction of sp³-hybridized carbons (Fsp3) is 0.143. The molecule has 0 spiro atoms. The third-order valence-electron chi connectivity index (χ3n) is 1.32. The third-order valence-corrected chi connectivity index (χ3v) is 2.37. The minimum absolute atomic E-state index is 0.0422. The molecule has 0 aliphatic rings. The van der Waals surface area contributed by atoms with Crippen LogP contribution in [0.1, 0.15) is 5.56 Å². The van der Waals surface area contributed by atoms with Gasteiger partial charge in [0, 0.05) is 10.0 Å². The minimum Gasteiger partial charge on any atom is -0.508 e. The molecule has 0 saturated heterocycles. The molecule has 0 radical (unpaired) electrons. The Hall–Kier alpha value is -0.390. The maximum absolute atomic E-state index is 10.4. The van der Waals surface area contributed by atoms with Crippen LogP contribution in [0.25, 0.3) is 0 Å². The predicted octanol–water partition coefficient (Wildman–Crippen LogP) is 1.88. The van der Waals surface area contributed by atoms with Crippen LogP contribution in [0.3, 0.4) is 0 Å². The van der Waals surface area contributed by atoms with Gasteiger partial charge in [0.1, 0.15) is 5.75 Å². The Morgan fingerprint density at radius 1 is 1.50 bits per heavy atom. The molecule has 1 rings (SSSR count). The van der Waals surface area contributed by atoms with E-state index in [0.717, 1.165) is 4.47 Å². The van der Waals surface area contributed by atoms with E-state index in [1.54, 1.807) is 12.1 Å². The quantitative estimate of drug-likeness (QED) is 0.789. The standard InChI is InChI=1S/C7H7BrO3S/c8-6-1-2-7(9)5(3-6)4-12(10)11/h1-3,9H,4H2,(H,10,11). The van der Waals surface area contributed by atoms with Gasteiger partial charge in [0.05, 0.1) is 5.75 Å². The Bertz CT molecular complexity index is 314. The van der Waals surface area contributed by atoms with E-state index in [1.807, 2.05) is 0 Å². The van der Waals surface area contributed by atoms with Gasteiger partial charge in [-0.15, -0.1) is 0 Å². The van der Waals surface area contributed by atoms with Crippen molar-refractivity contribution in [3.63, 3.8) is 0 Å². The van der Waals surface area contributed by atoms with Crippen molar-refractivity contribution in [2.45, 2.75) is 5.75 Å². The van der Waals surface area contributed by atoms with Gasteiger partial charge in [0.2, 0.25) is 0 Å². The maximum Gasteiger partial charge on any atom is 0.157 e. The van der Waals surface area contributed by atoms with Gasteiger partial charge in [-0.3, -0.25) is 0 Å².